The van der Waals surface area contributed by atoms with Crippen molar-refractivity contribution in [2.45, 2.75) is 0 Å². The van der Waals surface area contributed by atoms with Crippen LogP contribution in [0.1, 0.15) is 0 Å². The zero-order valence-electron chi connectivity index (χ0n) is 9.87. The molecule has 1 aromatic carbocycles. The first-order valence-electron chi connectivity index (χ1n) is 5.51. The van der Waals surface area contributed by atoms with E-state index in [1.54, 1.807) is 24.0 Å². The van der Waals surface area contributed by atoms with E-state index in [0.29, 0.717) is 11.3 Å². The van der Waals surface area contributed by atoms with Crippen LogP contribution in [0, 0.1) is 0 Å². The number of nitrogens with zero attached hydrogens (tertiary/aromatic N) is 3. The quantitative estimate of drug-likeness (QED) is 0.744. The summed E-state index contributed by atoms with van der Waals surface area (Å²) in [6, 6.07) is 7.80. The first kappa shape index (κ1) is 10.6. The molecule has 0 aliphatic rings. The van der Waals surface area contributed by atoms with Crippen molar-refractivity contribution in [2.75, 3.05) is 12.8 Å². The van der Waals surface area contributed by atoms with E-state index < -0.39 is 0 Å². The highest BCUT2D eigenvalue weighted by Crippen LogP contribution is 2.23. The standard InChI is InChI=1S/C13H12N4O/c1-18-11-4-2-3-9(5-11)10-6-15-13-12(14)7-16-17(13)8-10/h2-8H,14H2,1H3. The molecule has 90 valence electrons. The average Bonchev–Trinajstić information content (AvgIpc) is 2.80. The van der Waals surface area contributed by atoms with Crippen molar-refractivity contribution in [1.82, 2.24) is 14.6 Å². The summed E-state index contributed by atoms with van der Waals surface area (Å²) in [5.74, 6) is 0.813. The van der Waals surface area contributed by atoms with Crippen LogP contribution in [-0.4, -0.2) is 21.7 Å². The van der Waals surface area contributed by atoms with Gasteiger partial charge in [0.15, 0.2) is 5.65 Å². The summed E-state index contributed by atoms with van der Waals surface area (Å²) in [5, 5.41) is 4.14. The predicted molar refractivity (Wildman–Crippen MR) is 69.4 cm³/mol. The number of aromatic nitrogens is 3. The number of benzene rings is 1. The third-order valence-electron chi connectivity index (χ3n) is 2.79. The summed E-state index contributed by atoms with van der Waals surface area (Å²) in [4.78, 5) is 4.31. The Balaban J connectivity index is 2.13. The lowest BCUT2D eigenvalue weighted by atomic mass is 10.1. The molecule has 0 spiro atoms. The molecule has 5 nitrogen and oxygen atoms in total. The van der Waals surface area contributed by atoms with E-state index in [4.69, 9.17) is 10.5 Å². The number of rotatable bonds is 2. The number of nitrogen functional groups attached to an aromatic ring is 1. The summed E-state index contributed by atoms with van der Waals surface area (Å²) in [6.45, 7) is 0. The molecule has 0 radical (unpaired) electrons. The van der Waals surface area contributed by atoms with E-state index in [1.165, 1.54) is 0 Å². The maximum absolute atomic E-state index is 5.74. The predicted octanol–water partition coefficient (Wildman–Crippen LogP) is 1.99. The molecule has 3 rings (SSSR count). The van der Waals surface area contributed by atoms with Gasteiger partial charge in [-0.25, -0.2) is 9.50 Å². The molecule has 3 aromatic rings. The van der Waals surface area contributed by atoms with E-state index >= 15 is 0 Å². The molecule has 5 heteroatoms. The van der Waals surface area contributed by atoms with Gasteiger partial charge in [0.05, 0.1) is 19.0 Å². The minimum Gasteiger partial charge on any atom is -0.497 e. The third kappa shape index (κ3) is 1.66. The zero-order chi connectivity index (χ0) is 12.5. The van der Waals surface area contributed by atoms with Gasteiger partial charge in [0, 0.05) is 18.0 Å². The molecular weight excluding hydrogens is 228 g/mol. The first-order valence-corrected chi connectivity index (χ1v) is 5.51. The summed E-state index contributed by atoms with van der Waals surface area (Å²) < 4.78 is 6.88. The average molecular weight is 240 g/mol. The Kier molecular flexibility index (Phi) is 2.37. The normalized spacial score (nSPS) is 10.7. The molecule has 2 aromatic heterocycles. The van der Waals surface area contributed by atoms with Gasteiger partial charge >= 0.3 is 0 Å². The first-order chi connectivity index (χ1) is 8.78. The van der Waals surface area contributed by atoms with Crippen molar-refractivity contribution in [3.05, 3.63) is 42.9 Å². The second kappa shape index (κ2) is 4.03. The van der Waals surface area contributed by atoms with Crippen LogP contribution < -0.4 is 10.5 Å². The molecule has 0 aliphatic heterocycles. The van der Waals surface area contributed by atoms with E-state index in [0.717, 1.165) is 16.9 Å². The Morgan fingerprint density at radius 1 is 1.22 bits per heavy atom. The van der Waals surface area contributed by atoms with Crippen molar-refractivity contribution < 1.29 is 4.74 Å². The second-order valence-electron chi connectivity index (χ2n) is 3.94. The lowest BCUT2D eigenvalue weighted by Gasteiger charge is -2.04. The Morgan fingerprint density at radius 3 is 2.94 bits per heavy atom. The monoisotopic (exact) mass is 240 g/mol. The van der Waals surface area contributed by atoms with Crippen molar-refractivity contribution in [3.63, 3.8) is 0 Å². The summed E-state index contributed by atoms with van der Waals surface area (Å²) in [7, 11) is 1.65. The second-order valence-corrected chi connectivity index (χ2v) is 3.94. The Hall–Kier alpha value is -2.56. The summed E-state index contributed by atoms with van der Waals surface area (Å²) in [6.07, 6.45) is 5.27. The highest BCUT2D eigenvalue weighted by molar-refractivity contribution is 5.68. The number of nitrogens with two attached hydrogens (primary N) is 1. The minimum absolute atomic E-state index is 0.576. The molecule has 0 fully saturated rings. The zero-order valence-corrected chi connectivity index (χ0v) is 9.87. The SMILES string of the molecule is COc1cccc(-c2cnc3c(N)cnn3c2)c1. The van der Waals surface area contributed by atoms with Gasteiger partial charge in [0.1, 0.15) is 5.75 Å². The molecule has 0 amide bonds. The molecule has 0 saturated carbocycles. The van der Waals surface area contributed by atoms with Gasteiger partial charge in [-0.3, -0.25) is 0 Å². The molecule has 2 N–H and O–H groups in total. The number of ether oxygens (including phenoxy) is 1. The maximum Gasteiger partial charge on any atom is 0.178 e. The van der Waals surface area contributed by atoms with Crippen molar-refractivity contribution in [3.8, 4) is 16.9 Å². The molecular formula is C13H12N4O. The van der Waals surface area contributed by atoms with Gasteiger partial charge in [0.2, 0.25) is 0 Å². The highest BCUT2D eigenvalue weighted by Gasteiger charge is 2.05. The number of methoxy groups -OCH3 is 1. The topological polar surface area (TPSA) is 65.4 Å². The minimum atomic E-state index is 0.576. The molecule has 0 atom stereocenters. The summed E-state index contributed by atoms with van der Waals surface area (Å²) in [5.41, 5.74) is 8.98. The van der Waals surface area contributed by atoms with Crippen molar-refractivity contribution in [1.29, 1.82) is 0 Å². The molecule has 0 unspecified atom stereocenters. The van der Waals surface area contributed by atoms with Crippen LogP contribution in [0.4, 0.5) is 5.69 Å². The van der Waals surface area contributed by atoms with Crippen molar-refractivity contribution in [2.24, 2.45) is 0 Å². The number of hydrogen-bond donors (Lipinski definition) is 1. The van der Waals surface area contributed by atoms with Crippen LogP contribution in [0.5, 0.6) is 5.75 Å². The fourth-order valence-corrected chi connectivity index (χ4v) is 1.84. The van der Waals surface area contributed by atoms with Crippen LogP contribution >= 0.6 is 0 Å². The van der Waals surface area contributed by atoms with E-state index in [-0.39, 0.29) is 0 Å². The molecule has 2 heterocycles. The number of hydrogen-bond acceptors (Lipinski definition) is 4. The van der Waals surface area contributed by atoms with Gasteiger partial charge in [-0.1, -0.05) is 12.1 Å². The maximum atomic E-state index is 5.74. The Labute approximate surface area is 104 Å². The Morgan fingerprint density at radius 2 is 2.11 bits per heavy atom. The smallest absolute Gasteiger partial charge is 0.178 e. The fourth-order valence-electron chi connectivity index (χ4n) is 1.84. The number of fused-ring (bicyclic) bond motifs is 1. The van der Waals surface area contributed by atoms with Gasteiger partial charge < -0.3 is 10.5 Å². The van der Waals surface area contributed by atoms with Crippen molar-refractivity contribution >= 4 is 11.3 Å². The van der Waals surface area contributed by atoms with E-state index in [1.807, 2.05) is 30.5 Å². The lowest BCUT2D eigenvalue weighted by Crippen LogP contribution is -1.93. The molecule has 18 heavy (non-hydrogen) atoms. The van der Waals surface area contributed by atoms with Crippen LogP contribution in [0.2, 0.25) is 0 Å². The van der Waals surface area contributed by atoms with Crippen LogP contribution in [0.25, 0.3) is 16.8 Å². The van der Waals surface area contributed by atoms with E-state index in [2.05, 4.69) is 10.1 Å². The Bertz CT molecular complexity index is 705. The van der Waals surface area contributed by atoms with Gasteiger partial charge in [-0.2, -0.15) is 5.10 Å². The van der Waals surface area contributed by atoms with E-state index in [9.17, 15) is 0 Å². The number of anilines is 1. The van der Waals surface area contributed by atoms with Crippen LogP contribution in [0.3, 0.4) is 0 Å². The van der Waals surface area contributed by atoms with Gasteiger partial charge in [-0.05, 0) is 17.7 Å². The largest absolute Gasteiger partial charge is 0.497 e. The lowest BCUT2D eigenvalue weighted by molar-refractivity contribution is 0.415. The fraction of sp³-hybridized carbons (Fsp3) is 0.0769. The molecule has 0 bridgehead atoms. The van der Waals surface area contributed by atoms with Gasteiger partial charge in [-0.15, -0.1) is 0 Å². The highest BCUT2D eigenvalue weighted by atomic mass is 16.5. The molecule has 0 saturated heterocycles. The van der Waals surface area contributed by atoms with Crippen LogP contribution in [0.15, 0.2) is 42.9 Å². The molecule has 0 aliphatic carbocycles. The third-order valence-corrected chi connectivity index (χ3v) is 2.79. The van der Waals surface area contributed by atoms with Gasteiger partial charge in [0.25, 0.3) is 0 Å². The van der Waals surface area contributed by atoms with Crippen LogP contribution in [-0.2, 0) is 0 Å². The summed E-state index contributed by atoms with van der Waals surface area (Å²) >= 11 is 0.